The third-order valence-corrected chi connectivity index (χ3v) is 5.43. The Bertz CT molecular complexity index is 937. The fourth-order valence-corrected chi connectivity index (χ4v) is 3.53. The zero-order valence-corrected chi connectivity index (χ0v) is 16.5. The summed E-state index contributed by atoms with van der Waals surface area (Å²) >= 11 is 1.42. The number of para-hydroxylation sites is 1. The minimum atomic E-state index is -0.0412. The van der Waals surface area contributed by atoms with Crippen LogP contribution in [0.15, 0.2) is 60.0 Å². The molecule has 1 amide bonds. The number of methoxy groups -OCH3 is 1. The van der Waals surface area contributed by atoms with E-state index in [0.29, 0.717) is 12.3 Å². The van der Waals surface area contributed by atoms with E-state index in [1.807, 2.05) is 67.1 Å². The number of imidazole rings is 1. The number of benzene rings is 2. The minimum absolute atomic E-state index is 0.0412. The second-order valence-corrected chi connectivity index (χ2v) is 7.18. The number of thioether (sulfide) groups is 1. The van der Waals surface area contributed by atoms with Gasteiger partial charge in [0.05, 0.1) is 19.4 Å². The molecule has 27 heavy (non-hydrogen) atoms. The fourth-order valence-electron chi connectivity index (χ4n) is 2.78. The normalized spacial score (nSPS) is 10.6. The SMILES string of the molecule is COc1ccccc1Cn1ccnc1SCC(=O)Nc1cccc(C)c1C. The number of nitrogens with zero attached hydrogens (tertiary/aromatic N) is 2. The minimum Gasteiger partial charge on any atom is -0.496 e. The van der Waals surface area contributed by atoms with Gasteiger partial charge < -0.3 is 14.6 Å². The molecule has 1 aromatic heterocycles. The predicted octanol–water partition coefficient (Wildman–Crippen LogP) is 4.29. The summed E-state index contributed by atoms with van der Waals surface area (Å²) in [4.78, 5) is 16.7. The van der Waals surface area contributed by atoms with Crippen molar-refractivity contribution in [3.63, 3.8) is 0 Å². The monoisotopic (exact) mass is 381 g/mol. The first-order valence-electron chi connectivity index (χ1n) is 8.70. The highest BCUT2D eigenvalue weighted by molar-refractivity contribution is 7.99. The molecule has 1 heterocycles. The van der Waals surface area contributed by atoms with E-state index in [1.54, 1.807) is 13.3 Å². The maximum Gasteiger partial charge on any atom is 0.234 e. The Morgan fingerprint density at radius 3 is 2.81 bits per heavy atom. The average Bonchev–Trinajstić information content (AvgIpc) is 3.11. The molecule has 0 atom stereocenters. The molecule has 1 N–H and O–H groups in total. The van der Waals surface area contributed by atoms with Crippen LogP contribution in [0, 0.1) is 13.8 Å². The molecule has 0 aliphatic rings. The van der Waals surface area contributed by atoms with E-state index < -0.39 is 0 Å². The molecule has 5 nitrogen and oxygen atoms in total. The van der Waals surface area contributed by atoms with Crippen LogP contribution in [0.4, 0.5) is 5.69 Å². The van der Waals surface area contributed by atoms with Crippen molar-refractivity contribution in [1.29, 1.82) is 0 Å². The Balaban J connectivity index is 1.63. The Kier molecular flexibility index (Phi) is 6.19. The Morgan fingerprint density at radius 2 is 2.00 bits per heavy atom. The van der Waals surface area contributed by atoms with Gasteiger partial charge in [-0.05, 0) is 37.1 Å². The van der Waals surface area contributed by atoms with Gasteiger partial charge in [0.15, 0.2) is 5.16 Å². The number of aryl methyl sites for hydroxylation is 1. The molecule has 0 unspecified atom stereocenters. The third kappa shape index (κ3) is 4.71. The van der Waals surface area contributed by atoms with E-state index in [2.05, 4.69) is 10.3 Å². The summed E-state index contributed by atoms with van der Waals surface area (Å²) in [5, 5.41) is 3.79. The molecule has 140 valence electrons. The Labute approximate surface area is 163 Å². The molecule has 6 heteroatoms. The second-order valence-electron chi connectivity index (χ2n) is 6.23. The van der Waals surface area contributed by atoms with Gasteiger partial charge in [0.1, 0.15) is 5.75 Å². The molecule has 2 aromatic carbocycles. The number of rotatable bonds is 7. The van der Waals surface area contributed by atoms with Gasteiger partial charge >= 0.3 is 0 Å². The predicted molar refractivity (Wildman–Crippen MR) is 110 cm³/mol. The number of carbonyl (C=O) groups excluding carboxylic acids is 1. The smallest absolute Gasteiger partial charge is 0.234 e. The first-order valence-corrected chi connectivity index (χ1v) is 9.69. The van der Waals surface area contributed by atoms with Crippen molar-refractivity contribution < 1.29 is 9.53 Å². The summed E-state index contributed by atoms with van der Waals surface area (Å²) in [5.41, 5.74) is 4.18. The molecule has 3 aromatic rings. The van der Waals surface area contributed by atoms with Crippen LogP contribution in [0.5, 0.6) is 5.75 Å². The summed E-state index contributed by atoms with van der Waals surface area (Å²) in [7, 11) is 1.67. The highest BCUT2D eigenvalue weighted by Crippen LogP contribution is 2.23. The van der Waals surface area contributed by atoms with Gasteiger partial charge in [0, 0.05) is 23.6 Å². The van der Waals surface area contributed by atoms with Gasteiger partial charge in [-0.3, -0.25) is 4.79 Å². The van der Waals surface area contributed by atoms with Crippen molar-refractivity contribution >= 4 is 23.4 Å². The van der Waals surface area contributed by atoms with Gasteiger partial charge in [-0.1, -0.05) is 42.1 Å². The number of hydrogen-bond acceptors (Lipinski definition) is 4. The van der Waals surface area contributed by atoms with Crippen molar-refractivity contribution in [2.24, 2.45) is 0 Å². The molecular formula is C21H23N3O2S. The standard InChI is InChI=1S/C21H23N3O2S/c1-15-7-6-9-18(16(15)2)23-20(25)14-27-21-22-11-12-24(21)13-17-8-4-5-10-19(17)26-3/h4-12H,13-14H2,1-3H3,(H,23,25). The molecule has 0 fully saturated rings. The van der Waals surface area contributed by atoms with Gasteiger partial charge in [-0.15, -0.1) is 0 Å². The van der Waals surface area contributed by atoms with E-state index in [1.165, 1.54) is 11.8 Å². The number of carbonyl (C=O) groups is 1. The largest absolute Gasteiger partial charge is 0.496 e. The summed E-state index contributed by atoms with van der Waals surface area (Å²) in [6, 6.07) is 13.8. The lowest BCUT2D eigenvalue weighted by molar-refractivity contribution is -0.113. The fraction of sp³-hybridized carbons (Fsp3) is 0.238. The highest BCUT2D eigenvalue weighted by atomic mass is 32.2. The number of anilines is 1. The van der Waals surface area contributed by atoms with Crippen LogP contribution < -0.4 is 10.1 Å². The van der Waals surface area contributed by atoms with Crippen molar-refractivity contribution in [2.75, 3.05) is 18.2 Å². The molecule has 3 rings (SSSR count). The van der Waals surface area contributed by atoms with Crippen LogP contribution in [0.1, 0.15) is 16.7 Å². The Hall–Kier alpha value is -2.73. The lowest BCUT2D eigenvalue weighted by Crippen LogP contribution is -2.15. The van der Waals surface area contributed by atoms with Gasteiger partial charge in [-0.25, -0.2) is 4.98 Å². The van der Waals surface area contributed by atoms with Crippen molar-refractivity contribution in [3.05, 3.63) is 71.5 Å². The van der Waals surface area contributed by atoms with E-state index in [9.17, 15) is 4.79 Å². The lowest BCUT2D eigenvalue weighted by Gasteiger charge is -2.12. The van der Waals surface area contributed by atoms with Crippen molar-refractivity contribution in [2.45, 2.75) is 25.5 Å². The maximum absolute atomic E-state index is 12.4. The van der Waals surface area contributed by atoms with E-state index in [-0.39, 0.29) is 5.91 Å². The zero-order valence-electron chi connectivity index (χ0n) is 15.7. The summed E-state index contributed by atoms with van der Waals surface area (Å²) in [6.45, 7) is 4.69. The molecule has 0 radical (unpaired) electrons. The number of amides is 1. The number of nitrogens with one attached hydrogen (secondary N) is 1. The summed E-state index contributed by atoms with van der Waals surface area (Å²) in [5.74, 6) is 1.10. The van der Waals surface area contributed by atoms with E-state index in [4.69, 9.17) is 4.74 Å². The molecule has 0 aliphatic carbocycles. The molecule has 0 aliphatic heterocycles. The quantitative estimate of drug-likeness (QED) is 0.621. The summed E-state index contributed by atoms with van der Waals surface area (Å²) < 4.78 is 7.44. The van der Waals surface area contributed by atoms with Crippen LogP contribution in [-0.4, -0.2) is 28.3 Å². The topological polar surface area (TPSA) is 56.2 Å². The molecular weight excluding hydrogens is 358 g/mol. The summed E-state index contributed by atoms with van der Waals surface area (Å²) in [6.07, 6.45) is 3.66. The van der Waals surface area contributed by atoms with Crippen LogP contribution in [0.3, 0.4) is 0 Å². The molecule has 0 spiro atoms. The van der Waals surface area contributed by atoms with E-state index >= 15 is 0 Å². The lowest BCUT2D eigenvalue weighted by atomic mass is 10.1. The number of aromatic nitrogens is 2. The third-order valence-electron chi connectivity index (χ3n) is 4.42. The molecule has 0 bridgehead atoms. The van der Waals surface area contributed by atoms with Crippen LogP contribution in [0.25, 0.3) is 0 Å². The first-order chi connectivity index (χ1) is 13.1. The van der Waals surface area contributed by atoms with Crippen LogP contribution in [-0.2, 0) is 11.3 Å². The highest BCUT2D eigenvalue weighted by Gasteiger charge is 2.11. The van der Waals surface area contributed by atoms with Gasteiger partial charge in [-0.2, -0.15) is 0 Å². The van der Waals surface area contributed by atoms with Crippen molar-refractivity contribution in [3.8, 4) is 5.75 Å². The molecule has 0 saturated heterocycles. The average molecular weight is 382 g/mol. The van der Waals surface area contributed by atoms with Crippen LogP contribution >= 0.6 is 11.8 Å². The second kappa shape index (κ2) is 8.77. The first kappa shape index (κ1) is 19.0. The number of ether oxygens (including phenoxy) is 1. The van der Waals surface area contributed by atoms with Gasteiger partial charge in [0.25, 0.3) is 0 Å². The van der Waals surface area contributed by atoms with Crippen LogP contribution in [0.2, 0.25) is 0 Å². The zero-order chi connectivity index (χ0) is 19.2. The van der Waals surface area contributed by atoms with Crippen molar-refractivity contribution in [1.82, 2.24) is 9.55 Å². The van der Waals surface area contributed by atoms with Gasteiger partial charge in [0.2, 0.25) is 5.91 Å². The molecule has 0 saturated carbocycles. The number of hydrogen-bond donors (Lipinski definition) is 1. The Morgan fingerprint density at radius 1 is 1.19 bits per heavy atom. The van der Waals surface area contributed by atoms with E-state index in [0.717, 1.165) is 33.3 Å². The maximum atomic E-state index is 12.4.